The minimum absolute atomic E-state index is 0.862. The molecule has 27 heavy (non-hydrogen) atoms. The fourth-order valence-electron chi connectivity index (χ4n) is 3.02. The Balaban J connectivity index is 1.57. The molecule has 0 aliphatic carbocycles. The maximum atomic E-state index is 5.51. The molecule has 0 bridgehead atoms. The number of benzene rings is 1. The lowest BCUT2D eigenvalue weighted by Gasteiger charge is -2.22. The van der Waals surface area contributed by atoms with Gasteiger partial charge in [-0.15, -0.1) is 21.6 Å². The molecule has 6 nitrogen and oxygen atoms in total. The van der Waals surface area contributed by atoms with Gasteiger partial charge >= 0.3 is 0 Å². The number of aromatic nitrogens is 1. The second-order valence-electron chi connectivity index (χ2n) is 6.54. The molecular formula is C20H27N5OS. The highest BCUT2D eigenvalue weighted by Crippen LogP contribution is 2.28. The molecule has 144 valence electrons. The number of hydrogen-bond acceptors (Lipinski definition) is 7. The molecule has 1 aliphatic heterocycles. The van der Waals surface area contributed by atoms with E-state index in [4.69, 9.17) is 4.74 Å². The Hall–Kier alpha value is -2.38. The molecule has 3 rings (SSSR count). The minimum atomic E-state index is 0.862. The monoisotopic (exact) mass is 385 g/mol. The van der Waals surface area contributed by atoms with Gasteiger partial charge in [-0.25, -0.2) is 4.98 Å². The van der Waals surface area contributed by atoms with Crippen molar-refractivity contribution in [3.63, 3.8) is 0 Å². The molecule has 0 fully saturated rings. The third-order valence-electron chi connectivity index (χ3n) is 4.31. The number of hydrogen-bond donors (Lipinski definition) is 1. The van der Waals surface area contributed by atoms with Gasteiger partial charge < -0.3 is 4.74 Å². The lowest BCUT2D eigenvalue weighted by atomic mass is 10.1. The van der Waals surface area contributed by atoms with Crippen LogP contribution < -0.4 is 15.3 Å². The van der Waals surface area contributed by atoms with Crippen molar-refractivity contribution in [3.05, 3.63) is 45.9 Å². The number of amidine groups is 1. The molecule has 1 aromatic carbocycles. The van der Waals surface area contributed by atoms with Gasteiger partial charge in [0.1, 0.15) is 11.6 Å². The van der Waals surface area contributed by atoms with E-state index in [-0.39, 0.29) is 0 Å². The Kier molecular flexibility index (Phi) is 6.47. The zero-order chi connectivity index (χ0) is 19.2. The van der Waals surface area contributed by atoms with Crippen molar-refractivity contribution in [2.24, 2.45) is 5.10 Å². The highest BCUT2D eigenvalue weighted by atomic mass is 32.1. The van der Waals surface area contributed by atoms with Crippen LogP contribution in [0.15, 0.2) is 34.8 Å². The van der Waals surface area contributed by atoms with E-state index in [1.807, 2.05) is 36.3 Å². The van der Waals surface area contributed by atoms with Crippen LogP contribution in [0.3, 0.4) is 0 Å². The first-order valence-electron chi connectivity index (χ1n) is 9.18. The third-order valence-corrected chi connectivity index (χ3v) is 5.14. The number of unbranched alkanes of at least 4 members (excludes halogenated alkanes) is 2. The first kappa shape index (κ1) is 19.4. The van der Waals surface area contributed by atoms with E-state index >= 15 is 0 Å². The lowest BCUT2D eigenvalue weighted by molar-refractivity contribution is 0.295. The van der Waals surface area contributed by atoms with E-state index in [0.29, 0.717) is 0 Å². The van der Waals surface area contributed by atoms with Crippen molar-refractivity contribution in [2.75, 3.05) is 19.3 Å². The maximum absolute atomic E-state index is 5.51. The second kappa shape index (κ2) is 9.01. The van der Waals surface area contributed by atoms with Crippen LogP contribution in [-0.4, -0.2) is 30.1 Å². The number of aryl methyl sites for hydroxylation is 2. The van der Waals surface area contributed by atoms with Crippen LogP contribution >= 0.6 is 11.3 Å². The Labute approximate surface area is 165 Å². The first-order chi connectivity index (χ1) is 13.1. The van der Waals surface area contributed by atoms with Crippen molar-refractivity contribution < 1.29 is 4.74 Å². The van der Waals surface area contributed by atoms with Crippen molar-refractivity contribution in [1.82, 2.24) is 15.5 Å². The minimum Gasteiger partial charge on any atom is -0.496 e. The smallest absolute Gasteiger partial charge is 0.137 e. The Bertz CT molecular complexity index is 830. The van der Waals surface area contributed by atoms with Crippen molar-refractivity contribution in [1.29, 1.82) is 0 Å². The van der Waals surface area contributed by atoms with Crippen molar-refractivity contribution in [2.45, 2.75) is 39.5 Å². The van der Waals surface area contributed by atoms with Crippen LogP contribution in [0.2, 0.25) is 0 Å². The number of hydrazone groups is 1. The molecule has 0 atom stereocenters. The molecule has 7 heteroatoms. The Morgan fingerprint density at radius 3 is 2.78 bits per heavy atom. The van der Waals surface area contributed by atoms with Gasteiger partial charge in [-0.2, -0.15) is 5.12 Å². The van der Waals surface area contributed by atoms with Crippen molar-refractivity contribution in [3.8, 4) is 5.75 Å². The SMILES string of the molecule is COc1ccc(N2N=C(C)NN2C)cc1/C=C/CCCCc1csc(C)n1. The molecule has 0 saturated heterocycles. The summed E-state index contributed by atoms with van der Waals surface area (Å²) in [6, 6.07) is 6.08. The number of thiazole rings is 1. The van der Waals surface area contributed by atoms with E-state index in [1.165, 1.54) is 5.69 Å². The van der Waals surface area contributed by atoms with Gasteiger partial charge in [-0.1, -0.05) is 12.2 Å². The zero-order valence-electron chi connectivity index (χ0n) is 16.4. The number of nitrogens with one attached hydrogen (secondary N) is 1. The standard InChI is InChI=1S/C20H27N5OS/c1-15-22-24(3)25(23-15)19-11-12-20(26-4)17(13-19)9-7-5-6-8-10-18-14-27-16(2)21-18/h7,9,11-14H,5-6,8,10H2,1-4H3,(H,22,23)/b9-7+. The summed E-state index contributed by atoms with van der Waals surface area (Å²) in [7, 11) is 3.64. The average Bonchev–Trinajstić information content (AvgIpc) is 3.22. The summed E-state index contributed by atoms with van der Waals surface area (Å²) >= 11 is 1.73. The van der Waals surface area contributed by atoms with E-state index in [1.54, 1.807) is 18.4 Å². The van der Waals surface area contributed by atoms with Crippen LogP contribution in [0, 0.1) is 6.92 Å². The molecule has 0 unspecified atom stereocenters. The van der Waals surface area contributed by atoms with E-state index < -0.39 is 0 Å². The highest BCUT2D eigenvalue weighted by molar-refractivity contribution is 7.09. The number of allylic oxidation sites excluding steroid dienone is 1. The van der Waals surface area contributed by atoms with Crippen LogP contribution in [0.5, 0.6) is 5.75 Å². The number of hydrazine groups is 2. The lowest BCUT2D eigenvalue weighted by Crippen LogP contribution is -2.40. The van der Waals surface area contributed by atoms with Crippen LogP contribution in [-0.2, 0) is 6.42 Å². The number of nitrogens with zero attached hydrogens (tertiary/aromatic N) is 4. The summed E-state index contributed by atoms with van der Waals surface area (Å²) in [5, 5.41) is 11.5. The molecule has 2 aromatic rings. The molecule has 0 amide bonds. The number of rotatable bonds is 8. The second-order valence-corrected chi connectivity index (χ2v) is 7.60. The summed E-state index contributed by atoms with van der Waals surface area (Å²) < 4.78 is 5.51. The number of methoxy groups -OCH3 is 1. The summed E-state index contributed by atoms with van der Waals surface area (Å²) in [5.41, 5.74) is 6.41. The van der Waals surface area contributed by atoms with Crippen LogP contribution in [0.4, 0.5) is 5.69 Å². The molecule has 0 radical (unpaired) electrons. The normalized spacial score (nSPS) is 14.7. The van der Waals surface area contributed by atoms with Gasteiger partial charge in [0.15, 0.2) is 0 Å². The van der Waals surface area contributed by atoms with Gasteiger partial charge in [-0.05, 0) is 57.7 Å². The number of ether oxygens (including phenoxy) is 1. The predicted molar refractivity (Wildman–Crippen MR) is 113 cm³/mol. The Morgan fingerprint density at radius 1 is 1.26 bits per heavy atom. The quantitative estimate of drug-likeness (QED) is 0.683. The topological polar surface area (TPSA) is 53.0 Å². The van der Waals surface area contributed by atoms with Crippen molar-refractivity contribution >= 4 is 28.9 Å². The molecule has 1 aromatic heterocycles. The fraction of sp³-hybridized carbons (Fsp3) is 0.400. The third kappa shape index (κ3) is 5.08. The Morgan fingerprint density at radius 2 is 2.11 bits per heavy atom. The van der Waals surface area contributed by atoms with Gasteiger partial charge in [0.2, 0.25) is 0 Å². The molecule has 0 saturated carbocycles. The number of anilines is 1. The van der Waals surface area contributed by atoms with E-state index in [0.717, 1.165) is 53.5 Å². The summed E-state index contributed by atoms with van der Waals surface area (Å²) in [6.45, 7) is 3.99. The van der Waals surface area contributed by atoms with Gasteiger partial charge in [-0.3, -0.25) is 5.43 Å². The van der Waals surface area contributed by atoms with Gasteiger partial charge in [0.05, 0.1) is 23.5 Å². The first-order valence-corrected chi connectivity index (χ1v) is 10.1. The zero-order valence-corrected chi connectivity index (χ0v) is 17.2. The maximum Gasteiger partial charge on any atom is 0.137 e. The molecule has 1 N–H and O–H groups in total. The summed E-state index contributed by atoms with van der Waals surface area (Å²) in [6.07, 6.45) is 8.76. The van der Waals surface area contributed by atoms with E-state index in [9.17, 15) is 0 Å². The largest absolute Gasteiger partial charge is 0.496 e. The molecular weight excluding hydrogens is 358 g/mol. The van der Waals surface area contributed by atoms with Crippen LogP contribution in [0.25, 0.3) is 6.08 Å². The fourth-order valence-corrected chi connectivity index (χ4v) is 3.67. The van der Waals surface area contributed by atoms with Gasteiger partial charge in [0, 0.05) is 18.0 Å². The summed E-state index contributed by atoms with van der Waals surface area (Å²) in [4.78, 5) is 4.52. The van der Waals surface area contributed by atoms with E-state index in [2.05, 4.69) is 46.0 Å². The molecule has 1 aliphatic rings. The molecule has 2 heterocycles. The predicted octanol–water partition coefficient (Wildman–Crippen LogP) is 4.39. The summed E-state index contributed by atoms with van der Waals surface area (Å²) in [5.74, 6) is 1.73. The highest BCUT2D eigenvalue weighted by Gasteiger charge is 2.19. The average molecular weight is 386 g/mol. The van der Waals surface area contributed by atoms with Gasteiger partial charge in [0.25, 0.3) is 0 Å². The molecule has 0 spiro atoms. The van der Waals surface area contributed by atoms with Crippen LogP contribution in [0.1, 0.15) is 42.5 Å².